The molecular weight excluding hydrogens is 282 g/mol. The van der Waals surface area contributed by atoms with Crippen molar-refractivity contribution in [2.24, 2.45) is 0 Å². The van der Waals surface area contributed by atoms with Gasteiger partial charge in [-0.3, -0.25) is 4.98 Å². The van der Waals surface area contributed by atoms with Gasteiger partial charge in [0.1, 0.15) is 5.75 Å². The first kappa shape index (κ1) is 17.5. The van der Waals surface area contributed by atoms with Crippen LogP contribution in [0.3, 0.4) is 0 Å². The Morgan fingerprint density at radius 2 is 1.30 bits per heavy atom. The highest BCUT2D eigenvalue weighted by Crippen LogP contribution is 2.32. The molecule has 0 aliphatic carbocycles. The predicted molar refractivity (Wildman–Crippen MR) is 97.8 cm³/mol. The minimum absolute atomic E-state index is 0.523. The molecule has 1 N–H and O–H groups in total. The van der Waals surface area contributed by atoms with Crippen molar-refractivity contribution in [1.82, 2.24) is 4.98 Å². The maximum absolute atomic E-state index is 10.6. The fourth-order valence-electron chi connectivity index (χ4n) is 2.98. The summed E-state index contributed by atoms with van der Waals surface area (Å²) in [4.78, 5) is 4.11. The number of rotatable bonds is 9. The largest absolute Gasteiger partial charge is 0.507 e. The molecule has 0 amide bonds. The van der Waals surface area contributed by atoms with Crippen LogP contribution in [0.25, 0.3) is 11.1 Å². The number of aromatic hydroxyl groups is 1. The number of aromatic nitrogens is 1. The number of aryl methyl sites for hydroxylation is 2. The summed E-state index contributed by atoms with van der Waals surface area (Å²) >= 11 is 0. The smallest absolute Gasteiger partial charge is 0.121 e. The van der Waals surface area contributed by atoms with Gasteiger partial charge in [0, 0.05) is 12.4 Å². The van der Waals surface area contributed by atoms with Gasteiger partial charge in [-0.05, 0) is 72.2 Å². The van der Waals surface area contributed by atoms with E-state index in [9.17, 15) is 5.11 Å². The van der Waals surface area contributed by atoms with E-state index in [2.05, 4.69) is 31.0 Å². The minimum Gasteiger partial charge on any atom is -0.507 e. The lowest BCUT2D eigenvalue weighted by molar-refractivity contribution is 0.458. The van der Waals surface area contributed by atoms with Crippen molar-refractivity contribution in [2.75, 3.05) is 0 Å². The van der Waals surface area contributed by atoms with E-state index >= 15 is 0 Å². The highest BCUT2D eigenvalue weighted by Gasteiger charge is 2.11. The molecule has 1 heterocycles. The third kappa shape index (κ3) is 5.09. The van der Waals surface area contributed by atoms with E-state index in [-0.39, 0.29) is 0 Å². The summed E-state index contributed by atoms with van der Waals surface area (Å²) in [6.07, 6.45) is 12.7. The molecule has 23 heavy (non-hydrogen) atoms. The van der Waals surface area contributed by atoms with Gasteiger partial charge in [0.25, 0.3) is 0 Å². The quantitative estimate of drug-likeness (QED) is 0.583. The van der Waals surface area contributed by atoms with Crippen LogP contribution in [-0.4, -0.2) is 10.1 Å². The molecule has 0 fully saturated rings. The molecule has 2 rings (SSSR count). The van der Waals surface area contributed by atoms with Gasteiger partial charge in [-0.2, -0.15) is 0 Å². The Morgan fingerprint density at radius 3 is 1.78 bits per heavy atom. The number of benzene rings is 1. The molecule has 2 heteroatoms. The number of pyridine rings is 1. The molecule has 1 aromatic carbocycles. The summed E-state index contributed by atoms with van der Waals surface area (Å²) in [5, 5.41) is 10.6. The first-order chi connectivity index (χ1) is 11.3. The normalized spacial score (nSPS) is 10.9. The number of hydrogen-bond acceptors (Lipinski definition) is 2. The highest BCUT2D eigenvalue weighted by molar-refractivity contribution is 5.67. The van der Waals surface area contributed by atoms with E-state index in [0.717, 1.165) is 36.8 Å². The summed E-state index contributed by atoms with van der Waals surface area (Å²) in [6, 6.07) is 8.39. The average Bonchev–Trinajstić information content (AvgIpc) is 2.59. The van der Waals surface area contributed by atoms with Crippen molar-refractivity contribution in [3.63, 3.8) is 0 Å². The lowest BCUT2D eigenvalue weighted by atomic mass is 9.94. The molecule has 0 aliphatic rings. The van der Waals surface area contributed by atoms with E-state index in [1.54, 1.807) is 0 Å². The first-order valence-electron chi connectivity index (χ1n) is 9.01. The third-order valence-electron chi connectivity index (χ3n) is 4.38. The van der Waals surface area contributed by atoms with Crippen LogP contribution in [0, 0.1) is 0 Å². The van der Waals surface area contributed by atoms with Gasteiger partial charge in [0.2, 0.25) is 0 Å². The van der Waals surface area contributed by atoms with Crippen molar-refractivity contribution >= 4 is 0 Å². The fraction of sp³-hybridized carbons (Fsp3) is 0.476. The van der Waals surface area contributed by atoms with Crippen molar-refractivity contribution in [3.8, 4) is 16.9 Å². The van der Waals surface area contributed by atoms with Crippen LogP contribution in [0.5, 0.6) is 5.75 Å². The molecule has 124 valence electrons. The summed E-state index contributed by atoms with van der Waals surface area (Å²) in [5.74, 6) is 0.523. The van der Waals surface area contributed by atoms with E-state index < -0.39 is 0 Å². The maximum atomic E-state index is 10.6. The molecule has 0 saturated heterocycles. The molecular formula is C21H29NO. The van der Waals surface area contributed by atoms with Crippen LogP contribution < -0.4 is 0 Å². The molecule has 2 aromatic rings. The van der Waals surface area contributed by atoms with E-state index in [0.29, 0.717) is 5.75 Å². The zero-order chi connectivity index (χ0) is 16.5. The first-order valence-corrected chi connectivity index (χ1v) is 9.01. The minimum atomic E-state index is 0.523. The summed E-state index contributed by atoms with van der Waals surface area (Å²) in [6.45, 7) is 4.42. The Morgan fingerprint density at radius 1 is 0.783 bits per heavy atom. The molecule has 0 bridgehead atoms. The number of nitrogens with zero attached hydrogens (tertiary/aromatic N) is 1. The fourth-order valence-corrected chi connectivity index (χ4v) is 2.98. The molecule has 0 atom stereocenters. The summed E-state index contributed by atoms with van der Waals surface area (Å²) < 4.78 is 0. The number of unbranched alkanes of at least 4 members (excludes halogenated alkanes) is 4. The lowest BCUT2D eigenvalue weighted by Crippen LogP contribution is -1.95. The van der Waals surface area contributed by atoms with E-state index in [1.165, 1.54) is 36.8 Å². The number of hydrogen-bond donors (Lipinski definition) is 1. The maximum Gasteiger partial charge on any atom is 0.121 e. The van der Waals surface area contributed by atoms with Crippen molar-refractivity contribution in [1.29, 1.82) is 0 Å². The molecule has 0 radical (unpaired) electrons. The molecule has 0 unspecified atom stereocenters. The molecule has 0 aliphatic heterocycles. The van der Waals surface area contributed by atoms with E-state index in [1.807, 2.05) is 24.5 Å². The van der Waals surface area contributed by atoms with Gasteiger partial charge in [-0.1, -0.05) is 39.5 Å². The Balaban J connectivity index is 2.30. The molecule has 2 nitrogen and oxygen atoms in total. The predicted octanol–water partition coefficient (Wildman–Crippen LogP) is 5.92. The van der Waals surface area contributed by atoms with Crippen LogP contribution in [-0.2, 0) is 12.8 Å². The Kier molecular flexibility index (Phi) is 7.12. The van der Waals surface area contributed by atoms with Crippen LogP contribution in [0.4, 0.5) is 0 Å². The molecule has 0 saturated carbocycles. The topological polar surface area (TPSA) is 33.1 Å². The Hall–Kier alpha value is -1.83. The molecule has 0 spiro atoms. The standard InChI is InChI=1S/C21H29NO/c1-3-5-7-9-18-15-20(17-11-13-22-14-12-17)16-19(21(18)23)10-8-6-4-2/h11-16,23H,3-10H2,1-2H3. The summed E-state index contributed by atoms with van der Waals surface area (Å²) in [7, 11) is 0. The highest BCUT2D eigenvalue weighted by atomic mass is 16.3. The average molecular weight is 311 g/mol. The van der Waals surface area contributed by atoms with Crippen LogP contribution in [0.2, 0.25) is 0 Å². The lowest BCUT2D eigenvalue weighted by Gasteiger charge is -2.13. The van der Waals surface area contributed by atoms with Gasteiger partial charge in [0.15, 0.2) is 0 Å². The van der Waals surface area contributed by atoms with Gasteiger partial charge < -0.3 is 5.11 Å². The number of phenolic OH excluding ortho intramolecular Hbond substituents is 1. The van der Waals surface area contributed by atoms with E-state index in [4.69, 9.17) is 0 Å². The van der Waals surface area contributed by atoms with Crippen LogP contribution >= 0.6 is 0 Å². The second-order valence-corrected chi connectivity index (χ2v) is 6.29. The Labute approximate surface area is 140 Å². The van der Waals surface area contributed by atoms with Gasteiger partial charge >= 0.3 is 0 Å². The summed E-state index contributed by atoms with van der Waals surface area (Å²) in [5.41, 5.74) is 4.57. The molecule has 1 aromatic heterocycles. The second-order valence-electron chi connectivity index (χ2n) is 6.29. The zero-order valence-corrected chi connectivity index (χ0v) is 14.5. The third-order valence-corrected chi connectivity index (χ3v) is 4.38. The van der Waals surface area contributed by atoms with Crippen molar-refractivity contribution in [2.45, 2.75) is 65.2 Å². The SMILES string of the molecule is CCCCCc1cc(-c2ccncc2)cc(CCCCC)c1O. The Bertz CT molecular complexity index is 561. The van der Waals surface area contributed by atoms with Crippen molar-refractivity contribution in [3.05, 3.63) is 47.8 Å². The second kappa shape index (κ2) is 9.34. The monoisotopic (exact) mass is 311 g/mol. The van der Waals surface area contributed by atoms with Crippen LogP contribution in [0.1, 0.15) is 63.5 Å². The van der Waals surface area contributed by atoms with Crippen LogP contribution in [0.15, 0.2) is 36.7 Å². The van der Waals surface area contributed by atoms with Gasteiger partial charge in [0.05, 0.1) is 0 Å². The number of phenols is 1. The van der Waals surface area contributed by atoms with Gasteiger partial charge in [-0.25, -0.2) is 0 Å². The van der Waals surface area contributed by atoms with Crippen molar-refractivity contribution < 1.29 is 5.11 Å². The van der Waals surface area contributed by atoms with Gasteiger partial charge in [-0.15, -0.1) is 0 Å². The zero-order valence-electron chi connectivity index (χ0n) is 14.5.